The van der Waals surface area contributed by atoms with Crippen molar-refractivity contribution in [1.29, 1.82) is 0 Å². The third-order valence-corrected chi connectivity index (χ3v) is 3.89. The summed E-state index contributed by atoms with van der Waals surface area (Å²) < 4.78 is 0. The van der Waals surface area contributed by atoms with Gasteiger partial charge >= 0.3 is 0 Å². The number of fused-ring (bicyclic) bond motifs is 1. The van der Waals surface area contributed by atoms with Crippen LogP contribution >= 0.6 is 11.6 Å². The van der Waals surface area contributed by atoms with Gasteiger partial charge in [0.25, 0.3) is 0 Å². The van der Waals surface area contributed by atoms with E-state index in [4.69, 9.17) is 17.3 Å². The van der Waals surface area contributed by atoms with E-state index in [1.165, 1.54) is 0 Å². The molecular weight excluding hydrogens is 282 g/mol. The van der Waals surface area contributed by atoms with Gasteiger partial charge < -0.3 is 10.6 Å². The first-order valence-electron chi connectivity index (χ1n) is 6.74. The van der Waals surface area contributed by atoms with Crippen molar-refractivity contribution < 1.29 is 0 Å². The van der Waals surface area contributed by atoms with E-state index < -0.39 is 0 Å². The Morgan fingerprint density at radius 2 is 1.95 bits per heavy atom. The Bertz CT molecular complexity index is 786. The molecule has 4 heteroatoms. The third kappa shape index (κ3) is 2.78. The van der Waals surface area contributed by atoms with Crippen LogP contribution in [0.15, 0.2) is 54.7 Å². The average Bonchev–Trinajstić information content (AvgIpc) is 2.48. The Morgan fingerprint density at radius 3 is 2.76 bits per heavy atom. The second-order valence-electron chi connectivity index (χ2n) is 5.05. The number of halogens is 1. The number of anilines is 2. The van der Waals surface area contributed by atoms with Gasteiger partial charge in [0, 0.05) is 41.6 Å². The van der Waals surface area contributed by atoms with Crippen LogP contribution in [0.1, 0.15) is 5.56 Å². The summed E-state index contributed by atoms with van der Waals surface area (Å²) in [5, 5.41) is 1.87. The van der Waals surface area contributed by atoms with E-state index in [0.29, 0.717) is 0 Å². The summed E-state index contributed by atoms with van der Waals surface area (Å²) >= 11 is 6.24. The molecule has 0 aliphatic rings. The molecule has 106 valence electrons. The molecule has 1 heterocycles. The highest BCUT2D eigenvalue weighted by Crippen LogP contribution is 2.28. The van der Waals surface area contributed by atoms with E-state index in [0.717, 1.165) is 39.4 Å². The van der Waals surface area contributed by atoms with Gasteiger partial charge in [-0.1, -0.05) is 29.8 Å². The highest BCUT2D eigenvalue weighted by atomic mass is 35.5. The predicted octanol–water partition coefficient (Wildman–Crippen LogP) is 4.11. The van der Waals surface area contributed by atoms with E-state index in [1.54, 1.807) is 6.20 Å². The molecule has 0 saturated carbocycles. The monoisotopic (exact) mass is 297 g/mol. The maximum absolute atomic E-state index is 6.24. The van der Waals surface area contributed by atoms with Gasteiger partial charge in [-0.3, -0.25) is 4.98 Å². The van der Waals surface area contributed by atoms with E-state index in [9.17, 15) is 0 Å². The number of aromatic nitrogens is 1. The average molecular weight is 298 g/mol. The maximum atomic E-state index is 6.24. The van der Waals surface area contributed by atoms with E-state index >= 15 is 0 Å². The number of hydrogen-bond donors (Lipinski definition) is 1. The zero-order valence-electron chi connectivity index (χ0n) is 11.8. The van der Waals surface area contributed by atoms with Crippen LogP contribution in [0.5, 0.6) is 0 Å². The molecule has 0 bridgehead atoms. The van der Waals surface area contributed by atoms with Gasteiger partial charge in [0.05, 0.1) is 5.52 Å². The lowest BCUT2D eigenvalue weighted by atomic mass is 10.1. The van der Waals surface area contributed by atoms with Crippen molar-refractivity contribution >= 4 is 33.9 Å². The zero-order valence-corrected chi connectivity index (χ0v) is 12.5. The molecule has 0 atom stereocenters. The molecule has 0 aliphatic heterocycles. The van der Waals surface area contributed by atoms with Gasteiger partial charge in [-0.05, 0) is 35.9 Å². The molecule has 1 aromatic heterocycles. The van der Waals surface area contributed by atoms with E-state index in [1.807, 2.05) is 48.5 Å². The molecule has 0 radical (unpaired) electrons. The molecule has 3 rings (SSSR count). The Morgan fingerprint density at radius 1 is 1.14 bits per heavy atom. The molecule has 0 amide bonds. The van der Waals surface area contributed by atoms with Crippen molar-refractivity contribution in [3.63, 3.8) is 0 Å². The van der Waals surface area contributed by atoms with E-state index in [-0.39, 0.29) is 0 Å². The highest BCUT2D eigenvalue weighted by Gasteiger charge is 2.09. The first kappa shape index (κ1) is 13.7. The lowest BCUT2D eigenvalue weighted by Gasteiger charge is -2.21. The van der Waals surface area contributed by atoms with Gasteiger partial charge in [0.1, 0.15) is 0 Å². The summed E-state index contributed by atoms with van der Waals surface area (Å²) in [5.41, 5.74) is 9.66. The second-order valence-corrected chi connectivity index (χ2v) is 5.46. The van der Waals surface area contributed by atoms with Crippen LogP contribution < -0.4 is 10.6 Å². The van der Waals surface area contributed by atoms with Crippen LogP contribution in [0.3, 0.4) is 0 Å². The Balaban J connectivity index is 1.98. The lowest BCUT2D eigenvalue weighted by Crippen LogP contribution is -2.17. The van der Waals surface area contributed by atoms with Crippen molar-refractivity contribution in [3.05, 3.63) is 65.3 Å². The van der Waals surface area contributed by atoms with Gasteiger partial charge in [0.2, 0.25) is 0 Å². The molecule has 0 fully saturated rings. The van der Waals surface area contributed by atoms with E-state index in [2.05, 4.69) is 16.9 Å². The first-order valence-corrected chi connectivity index (χ1v) is 7.12. The summed E-state index contributed by atoms with van der Waals surface area (Å²) in [5.74, 6) is 0. The van der Waals surface area contributed by atoms with Crippen LogP contribution in [0, 0.1) is 0 Å². The first-order chi connectivity index (χ1) is 10.1. The van der Waals surface area contributed by atoms with Gasteiger partial charge in [-0.25, -0.2) is 0 Å². The van der Waals surface area contributed by atoms with Crippen molar-refractivity contribution in [1.82, 2.24) is 4.98 Å². The number of nitrogens with two attached hydrogens (primary N) is 1. The number of hydrogen-bond acceptors (Lipinski definition) is 3. The summed E-state index contributed by atoms with van der Waals surface area (Å²) in [6, 6.07) is 15.7. The summed E-state index contributed by atoms with van der Waals surface area (Å²) in [7, 11) is 2.05. The van der Waals surface area contributed by atoms with Crippen molar-refractivity contribution in [2.75, 3.05) is 17.7 Å². The van der Waals surface area contributed by atoms with Crippen LogP contribution in [0.25, 0.3) is 10.9 Å². The number of pyridine rings is 1. The lowest BCUT2D eigenvalue weighted by molar-refractivity contribution is 0.927. The fraction of sp³-hybridized carbons (Fsp3) is 0.118. The van der Waals surface area contributed by atoms with Crippen molar-refractivity contribution in [2.24, 2.45) is 0 Å². The minimum Gasteiger partial charge on any atom is -0.399 e. The quantitative estimate of drug-likeness (QED) is 0.740. The van der Waals surface area contributed by atoms with Crippen LogP contribution in [0.4, 0.5) is 11.4 Å². The van der Waals surface area contributed by atoms with Crippen LogP contribution in [-0.2, 0) is 6.54 Å². The number of rotatable bonds is 3. The maximum Gasteiger partial charge on any atom is 0.0743 e. The normalized spacial score (nSPS) is 10.8. The Kier molecular flexibility index (Phi) is 3.67. The van der Waals surface area contributed by atoms with Crippen molar-refractivity contribution in [2.45, 2.75) is 6.54 Å². The summed E-state index contributed by atoms with van der Waals surface area (Å²) in [6.45, 7) is 0.739. The second kappa shape index (κ2) is 5.62. The minimum atomic E-state index is 0.723. The smallest absolute Gasteiger partial charge is 0.0743 e. The minimum absolute atomic E-state index is 0.723. The molecule has 2 aromatic carbocycles. The number of nitrogens with zero attached hydrogens (tertiary/aromatic N) is 2. The number of nitrogen functional groups attached to an aromatic ring is 1. The summed E-state index contributed by atoms with van der Waals surface area (Å²) in [4.78, 5) is 6.55. The molecular formula is C17H16ClN3. The molecule has 2 N–H and O–H groups in total. The molecule has 3 nitrogen and oxygen atoms in total. The highest BCUT2D eigenvalue weighted by molar-refractivity contribution is 6.31. The molecule has 0 spiro atoms. The Hall–Kier alpha value is -2.26. The Labute approximate surface area is 129 Å². The zero-order chi connectivity index (χ0) is 14.8. The molecule has 0 unspecified atom stereocenters. The molecule has 3 aromatic rings. The topological polar surface area (TPSA) is 42.2 Å². The van der Waals surface area contributed by atoms with Crippen LogP contribution in [0.2, 0.25) is 5.02 Å². The third-order valence-electron chi connectivity index (χ3n) is 3.52. The number of benzene rings is 2. The van der Waals surface area contributed by atoms with Crippen molar-refractivity contribution in [3.8, 4) is 0 Å². The fourth-order valence-electron chi connectivity index (χ4n) is 2.45. The van der Waals surface area contributed by atoms with Gasteiger partial charge in [-0.15, -0.1) is 0 Å². The predicted molar refractivity (Wildman–Crippen MR) is 89.7 cm³/mol. The fourth-order valence-corrected chi connectivity index (χ4v) is 2.65. The van der Waals surface area contributed by atoms with Gasteiger partial charge in [-0.2, -0.15) is 0 Å². The summed E-state index contributed by atoms with van der Waals surface area (Å²) in [6.07, 6.45) is 1.81. The molecule has 21 heavy (non-hydrogen) atoms. The largest absolute Gasteiger partial charge is 0.399 e. The van der Waals surface area contributed by atoms with Crippen LogP contribution in [-0.4, -0.2) is 12.0 Å². The van der Waals surface area contributed by atoms with Gasteiger partial charge in [0.15, 0.2) is 0 Å². The molecule has 0 aliphatic carbocycles. The standard InChI is InChI=1S/C17H16ClN3/c1-21(11-12-4-2-3-5-15(12)18)17-8-9-20-16-10-13(19)6-7-14(16)17/h2-10H,11,19H2,1H3. The SMILES string of the molecule is CN(Cc1ccccc1Cl)c1ccnc2cc(N)ccc12. The molecule has 0 saturated heterocycles.